The standard InChI is InChI=1S/C14H20N6O4Se/c15-7(3-21)1-2-25-4-8-10(22)11(23)14(24-8)20-6-19-9-12(16)17-5-18-13(9)20/h3,5-8,10-11,14,22-23H,1-2,4,15H2,(H2,16,17,18)/t7-,8-,10?,11+,14-/m1/s1. The molecule has 136 valence electrons. The van der Waals surface area contributed by atoms with Crippen LogP contribution in [0.4, 0.5) is 5.82 Å². The van der Waals surface area contributed by atoms with Gasteiger partial charge in [0.2, 0.25) is 0 Å². The van der Waals surface area contributed by atoms with E-state index < -0.39 is 30.6 Å². The number of aliphatic hydroxyl groups excluding tert-OH is 2. The molecule has 11 heteroatoms. The summed E-state index contributed by atoms with van der Waals surface area (Å²) in [5.41, 5.74) is 12.2. The molecule has 1 saturated heterocycles. The zero-order valence-electron chi connectivity index (χ0n) is 13.3. The van der Waals surface area contributed by atoms with Gasteiger partial charge in [-0.3, -0.25) is 0 Å². The maximum absolute atomic E-state index is 10.5. The Morgan fingerprint density at radius 3 is 2.92 bits per heavy atom. The number of nitrogens with two attached hydrogens (primary N) is 2. The fourth-order valence-corrected chi connectivity index (χ4v) is 4.98. The average molecular weight is 415 g/mol. The van der Waals surface area contributed by atoms with Gasteiger partial charge in [-0.15, -0.1) is 0 Å². The van der Waals surface area contributed by atoms with Crippen molar-refractivity contribution in [1.82, 2.24) is 19.5 Å². The van der Waals surface area contributed by atoms with Gasteiger partial charge in [0.15, 0.2) is 0 Å². The summed E-state index contributed by atoms with van der Waals surface area (Å²) >= 11 is 0.143. The number of fused-ring (bicyclic) bond motifs is 1. The van der Waals surface area contributed by atoms with Crippen LogP contribution in [0.1, 0.15) is 12.6 Å². The van der Waals surface area contributed by atoms with E-state index in [4.69, 9.17) is 16.2 Å². The van der Waals surface area contributed by atoms with Crippen molar-refractivity contribution in [2.75, 3.05) is 5.73 Å². The predicted molar refractivity (Wildman–Crippen MR) is 89.7 cm³/mol. The molecule has 0 radical (unpaired) electrons. The average Bonchev–Trinajstić information content (AvgIpc) is 3.15. The first-order valence-electron chi connectivity index (χ1n) is 7.76. The zero-order chi connectivity index (χ0) is 18.0. The Kier molecular flexibility index (Phi) is 5.62. The number of nitrogen functional groups attached to an aromatic ring is 1. The SMILES string of the molecule is Nc1ncnc2c1ncn2[C@@H]1O[C@H](C[Se]CC[C@@H](N)C=O)C(O)[C@@H]1O. The van der Waals surface area contributed by atoms with Gasteiger partial charge in [-0.2, -0.15) is 0 Å². The number of anilines is 1. The van der Waals surface area contributed by atoms with Gasteiger partial charge in [-0.25, -0.2) is 0 Å². The third-order valence-electron chi connectivity index (χ3n) is 4.05. The van der Waals surface area contributed by atoms with Crippen LogP contribution >= 0.6 is 0 Å². The normalized spacial score (nSPS) is 27.6. The van der Waals surface area contributed by atoms with Crippen LogP contribution in [-0.4, -0.2) is 75.3 Å². The van der Waals surface area contributed by atoms with Crippen molar-refractivity contribution in [3.63, 3.8) is 0 Å². The summed E-state index contributed by atoms with van der Waals surface area (Å²) in [7, 11) is 0. The molecule has 0 saturated carbocycles. The summed E-state index contributed by atoms with van der Waals surface area (Å²) in [6.07, 6.45) is 0.707. The van der Waals surface area contributed by atoms with Gasteiger partial charge in [0.05, 0.1) is 0 Å². The molecule has 25 heavy (non-hydrogen) atoms. The van der Waals surface area contributed by atoms with Gasteiger partial charge in [0, 0.05) is 0 Å². The fraction of sp³-hybridized carbons (Fsp3) is 0.571. The molecule has 10 nitrogen and oxygen atoms in total. The number of carbonyl (C=O) groups excluding carboxylic acids is 1. The Morgan fingerprint density at radius 1 is 1.36 bits per heavy atom. The molecule has 3 heterocycles. The number of hydrogen-bond donors (Lipinski definition) is 4. The number of ether oxygens (including phenoxy) is 1. The van der Waals surface area contributed by atoms with Crippen molar-refractivity contribution in [2.24, 2.45) is 5.73 Å². The van der Waals surface area contributed by atoms with Crippen LogP contribution in [0.3, 0.4) is 0 Å². The third-order valence-corrected chi connectivity index (χ3v) is 6.33. The van der Waals surface area contributed by atoms with E-state index in [1.54, 1.807) is 4.57 Å². The summed E-state index contributed by atoms with van der Waals surface area (Å²) < 4.78 is 7.40. The Labute approximate surface area is 149 Å². The van der Waals surface area contributed by atoms with Gasteiger partial charge < -0.3 is 0 Å². The predicted octanol–water partition coefficient (Wildman–Crippen LogP) is -1.52. The van der Waals surface area contributed by atoms with Crippen molar-refractivity contribution >= 4 is 38.2 Å². The second-order valence-corrected chi connectivity index (χ2v) is 8.21. The van der Waals surface area contributed by atoms with E-state index in [0.29, 0.717) is 22.9 Å². The number of carbonyl (C=O) groups is 1. The molecule has 0 aliphatic carbocycles. The van der Waals surface area contributed by atoms with E-state index in [9.17, 15) is 15.0 Å². The molecular formula is C14H20N6O4Se. The van der Waals surface area contributed by atoms with Crippen molar-refractivity contribution in [1.29, 1.82) is 0 Å². The van der Waals surface area contributed by atoms with Crippen LogP contribution < -0.4 is 11.5 Å². The molecule has 2 aromatic heterocycles. The molecule has 0 spiro atoms. The van der Waals surface area contributed by atoms with E-state index in [0.717, 1.165) is 11.6 Å². The quantitative estimate of drug-likeness (QED) is 0.239. The Morgan fingerprint density at radius 2 is 2.16 bits per heavy atom. The van der Waals surface area contributed by atoms with Crippen molar-refractivity contribution in [3.8, 4) is 0 Å². The van der Waals surface area contributed by atoms with E-state index in [2.05, 4.69) is 15.0 Å². The molecular weight excluding hydrogens is 395 g/mol. The maximum atomic E-state index is 10.5. The van der Waals surface area contributed by atoms with Gasteiger partial charge in [0.1, 0.15) is 0 Å². The van der Waals surface area contributed by atoms with Crippen LogP contribution in [0.5, 0.6) is 0 Å². The molecule has 0 bridgehead atoms. The van der Waals surface area contributed by atoms with Crippen LogP contribution in [0.2, 0.25) is 10.6 Å². The minimum absolute atomic E-state index is 0.143. The number of aromatic nitrogens is 4. The first-order chi connectivity index (χ1) is 12.0. The Bertz CT molecular complexity index is 743. The van der Waals surface area contributed by atoms with Gasteiger partial charge in [0.25, 0.3) is 0 Å². The minimum atomic E-state index is -1.10. The van der Waals surface area contributed by atoms with Crippen LogP contribution in [-0.2, 0) is 9.53 Å². The summed E-state index contributed by atoms with van der Waals surface area (Å²) in [6, 6.07) is -0.447. The second kappa shape index (κ2) is 7.73. The summed E-state index contributed by atoms with van der Waals surface area (Å²) in [5, 5.41) is 22.0. The molecule has 3 rings (SSSR count). The van der Waals surface area contributed by atoms with Crippen LogP contribution in [0.15, 0.2) is 12.7 Å². The van der Waals surface area contributed by atoms with Gasteiger partial charge in [-0.1, -0.05) is 0 Å². The van der Waals surface area contributed by atoms with Crippen molar-refractivity contribution in [3.05, 3.63) is 12.7 Å². The van der Waals surface area contributed by atoms with Crippen molar-refractivity contribution < 1.29 is 19.7 Å². The second-order valence-electron chi connectivity index (χ2n) is 5.79. The van der Waals surface area contributed by atoms with Crippen LogP contribution in [0, 0.1) is 0 Å². The van der Waals surface area contributed by atoms with E-state index in [-0.39, 0.29) is 20.8 Å². The first-order valence-corrected chi connectivity index (χ1v) is 10.2. The molecule has 6 N–H and O–H groups in total. The molecule has 5 atom stereocenters. The van der Waals surface area contributed by atoms with Crippen LogP contribution in [0.25, 0.3) is 11.2 Å². The van der Waals surface area contributed by atoms with E-state index in [1.807, 2.05) is 0 Å². The Balaban J connectivity index is 1.67. The molecule has 1 aliphatic heterocycles. The summed E-state index contributed by atoms with van der Waals surface area (Å²) in [5.74, 6) is 0.239. The monoisotopic (exact) mass is 416 g/mol. The summed E-state index contributed by atoms with van der Waals surface area (Å²) in [6.45, 7) is 0. The molecule has 0 amide bonds. The zero-order valence-corrected chi connectivity index (χ0v) is 15.0. The molecule has 1 fully saturated rings. The third kappa shape index (κ3) is 3.66. The molecule has 0 aromatic carbocycles. The van der Waals surface area contributed by atoms with Gasteiger partial charge in [-0.05, 0) is 0 Å². The number of aldehydes is 1. The summed E-state index contributed by atoms with van der Waals surface area (Å²) in [4.78, 5) is 22.7. The van der Waals surface area contributed by atoms with Gasteiger partial charge >= 0.3 is 149 Å². The number of rotatable bonds is 7. The van der Waals surface area contributed by atoms with E-state index >= 15 is 0 Å². The topological polar surface area (TPSA) is 162 Å². The number of imidazole rings is 1. The fourth-order valence-electron chi connectivity index (χ4n) is 2.64. The number of aliphatic hydroxyl groups is 2. The number of nitrogens with zero attached hydrogens (tertiary/aromatic N) is 4. The number of hydrogen-bond acceptors (Lipinski definition) is 9. The molecule has 1 unspecified atom stereocenters. The molecule has 2 aromatic rings. The van der Waals surface area contributed by atoms with Crippen molar-refractivity contribution in [2.45, 2.75) is 47.6 Å². The van der Waals surface area contributed by atoms with E-state index in [1.165, 1.54) is 12.7 Å². The first kappa shape index (κ1) is 18.2. The molecule has 1 aliphatic rings. The Hall–Kier alpha value is -1.62.